The fourth-order valence-electron chi connectivity index (χ4n) is 0.215. The molecule has 0 radical (unpaired) electrons. The number of nitrogens with one attached hydrogen (secondary N) is 1. The van der Waals surface area contributed by atoms with E-state index in [0.29, 0.717) is 9.51 Å². The van der Waals surface area contributed by atoms with Crippen LogP contribution < -0.4 is 5.73 Å². The molecule has 0 aromatic heterocycles. The van der Waals surface area contributed by atoms with E-state index >= 15 is 0 Å². The number of halogens is 2. The van der Waals surface area contributed by atoms with Crippen LogP contribution in [0.25, 0.3) is 0 Å². The Balaban J connectivity index is 4.17. The molecule has 0 amide bonds. The Morgan fingerprint density at radius 3 is 2.33 bits per heavy atom. The zero-order valence-electron chi connectivity index (χ0n) is 4.62. The standard InChI is InChI=1S/C5H6BrClN2/c1-3(7)2-4(6)5(8)9/h2H,1H2,(H3,8,9)/b4-2+. The number of rotatable bonds is 2. The molecule has 0 aromatic carbocycles. The molecule has 0 aliphatic carbocycles. The lowest BCUT2D eigenvalue weighted by atomic mass is 10.4. The zero-order valence-corrected chi connectivity index (χ0v) is 6.96. The summed E-state index contributed by atoms with van der Waals surface area (Å²) in [6.07, 6.45) is 1.46. The lowest BCUT2D eigenvalue weighted by Gasteiger charge is -1.91. The predicted molar refractivity (Wildman–Crippen MR) is 43.9 cm³/mol. The van der Waals surface area contributed by atoms with Gasteiger partial charge in [-0.2, -0.15) is 0 Å². The van der Waals surface area contributed by atoms with Crippen molar-refractivity contribution in [3.05, 3.63) is 22.2 Å². The van der Waals surface area contributed by atoms with Crippen molar-refractivity contribution in [1.82, 2.24) is 0 Å². The Hall–Kier alpha value is -0.280. The highest BCUT2D eigenvalue weighted by Gasteiger charge is 1.93. The summed E-state index contributed by atoms with van der Waals surface area (Å²) in [7, 11) is 0. The van der Waals surface area contributed by atoms with Crippen molar-refractivity contribution in [2.45, 2.75) is 0 Å². The number of hydrogen-bond acceptors (Lipinski definition) is 1. The molecule has 0 heterocycles. The van der Waals surface area contributed by atoms with Crippen LogP contribution in [-0.4, -0.2) is 5.84 Å². The summed E-state index contributed by atoms with van der Waals surface area (Å²) < 4.78 is 0.447. The number of nitrogens with two attached hydrogens (primary N) is 1. The van der Waals surface area contributed by atoms with Crippen LogP contribution in [0.4, 0.5) is 0 Å². The minimum absolute atomic E-state index is 0.0585. The Labute approximate surface area is 67.0 Å². The van der Waals surface area contributed by atoms with Crippen LogP contribution in [0.3, 0.4) is 0 Å². The van der Waals surface area contributed by atoms with Crippen LogP contribution in [0, 0.1) is 5.41 Å². The lowest BCUT2D eigenvalue weighted by molar-refractivity contribution is 1.46. The van der Waals surface area contributed by atoms with Gasteiger partial charge in [-0.25, -0.2) is 0 Å². The molecular formula is C5H6BrClN2. The predicted octanol–water partition coefficient (Wildman–Crippen LogP) is 1.95. The molecule has 0 saturated carbocycles. The van der Waals surface area contributed by atoms with E-state index < -0.39 is 0 Å². The van der Waals surface area contributed by atoms with E-state index in [2.05, 4.69) is 22.5 Å². The summed E-state index contributed by atoms with van der Waals surface area (Å²) in [6, 6.07) is 0. The minimum atomic E-state index is -0.0585. The van der Waals surface area contributed by atoms with Gasteiger partial charge in [0, 0.05) is 5.03 Å². The van der Waals surface area contributed by atoms with Gasteiger partial charge in [0.05, 0.1) is 4.48 Å². The lowest BCUT2D eigenvalue weighted by Crippen LogP contribution is -2.08. The van der Waals surface area contributed by atoms with Gasteiger partial charge in [0.25, 0.3) is 0 Å². The van der Waals surface area contributed by atoms with Crippen LogP contribution in [-0.2, 0) is 0 Å². The number of amidine groups is 1. The van der Waals surface area contributed by atoms with Crippen molar-refractivity contribution in [2.24, 2.45) is 5.73 Å². The average molecular weight is 209 g/mol. The zero-order chi connectivity index (χ0) is 7.44. The van der Waals surface area contributed by atoms with E-state index in [1.54, 1.807) is 0 Å². The highest BCUT2D eigenvalue weighted by Crippen LogP contribution is 2.09. The van der Waals surface area contributed by atoms with Gasteiger partial charge in [-0.3, -0.25) is 5.41 Å². The first-order valence-corrected chi connectivity index (χ1v) is 3.27. The van der Waals surface area contributed by atoms with E-state index in [4.69, 9.17) is 22.7 Å². The van der Waals surface area contributed by atoms with Gasteiger partial charge in [0.2, 0.25) is 0 Å². The summed E-state index contributed by atoms with van der Waals surface area (Å²) >= 11 is 8.37. The molecule has 3 N–H and O–H groups in total. The first-order chi connectivity index (χ1) is 4.04. The minimum Gasteiger partial charge on any atom is -0.383 e. The molecule has 4 heteroatoms. The molecule has 50 valence electrons. The van der Waals surface area contributed by atoms with Gasteiger partial charge in [-0.1, -0.05) is 18.2 Å². The molecule has 0 aliphatic heterocycles. The Kier molecular flexibility index (Phi) is 3.58. The Bertz CT molecular complexity index is 174. The van der Waals surface area contributed by atoms with Crippen LogP contribution in [0.1, 0.15) is 0 Å². The number of allylic oxidation sites excluding steroid dienone is 2. The van der Waals surface area contributed by atoms with Gasteiger partial charge in [-0.15, -0.1) is 0 Å². The van der Waals surface area contributed by atoms with E-state index in [0.717, 1.165) is 0 Å². The second kappa shape index (κ2) is 3.69. The Morgan fingerprint density at radius 2 is 2.22 bits per heavy atom. The first kappa shape index (κ1) is 8.72. The van der Waals surface area contributed by atoms with Gasteiger partial charge in [-0.05, 0) is 22.0 Å². The molecule has 0 unspecified atom stereocenters. The molecule has 0 spiro atoms. The fourth-order valence-corrected chi connectivity index (χ4v) is 0.732. The van der Waals surface area contributed by atoms with Gasteiger partial charge >= 0.3 is 0 Å². The third kappa shape index (κ3) is 4.24. The van der Waals surface area contributed by atoms with Gasteiger partial charge in [0.1, 0.15) is 5.84 Å². The van der Waals surface area contributed by atoms with E-state index in [1.165, 1.54) is 6.08 Å². The molecule has 0 atom stereocenters. The first-order valence-electron chi connectivity index (χ1n) is 2.10. The van der Waals surface area contributed by atoms with Gasteiger partial charge in [0.15, 0.2) is 0 Å². The molecule has 0 rings (SSSR count). The second-order valence-corrected chi connectivity index (χ2v) is 2.69. The Morgan fingerprint density at radius 1 is 1.78 bits per heavy atom. The quantitative estimate of drug-likeness (QED) is 0.408. The van der Waals surface area contributed by atoms with E-state index in [-0.39, 0.29) is 5.84 Å². The maximum atomic E-state index is 6.86. The van der Waals surface area contributed by atoms with Crippen LogP contribution >= 0.6 is 27.5 Å². The van der Waals surface area contributed by atoms with Crippen molar-refractivity contribution in [3.8, 4) is 0 Å². The smallest absolute Gasteiger partial charge is 0.130 e. The molecule has 0 bridgehead atoms. The van der Waals surface area contributed by atoms with E-state index in [9.17, 15) is 0 Å². The topological polar surface area (TPSA) is 49.9 Å². The summed E-state index contributed by atoms with van der Waals surface area (Å²) in [5.41, 5.74) is 5.05. The summed E-state index contributed by atoms with van der Waals surface area (Å²) in [5.74, 6) is -0.0585. The highest BCUT2D eigenvalue weighted by atomic mass is 79.9. The average Bonchev–Trinajstić information content (AvgIpc) is 1.63. The third-order valence-corrected chi connectivity index (χ3v) is 1.31. The summed E-state index contributed by atoms with van der Waals surface area (Å²) in [6.45, 7) is 3.38. The van der Waals surface area contributed by atoms with Crippen LogP contribution in [0.2, 0.25) is 0 Å². The molecule has 2 nitrogen and oxygen atoms in total. The third-order valence-electron chi connectivity index (χ3n) is 0.541. The molecule has 9 heavy (non-hydrogen) atoms. The highest BCUT2D eigenvalue weighted by molar-refractivity contribution is 9.12. The maximum absolute atomic E-state index is 6.86. The van der Waals surface area contributed by atoms with Crippen molar-refractivity contribution < 1.29 is 0 Å². The SMILES string of the molecule is C=C(Cl)/C=C(/Br)C(=N)N. The van der Waals surface area contributed by atoms with Crippen LogP contribution in [0.15, 0.2) is 22.2 Å². The molecule has 0 saturated heterocycles. The molecule has 0 aromatic rings. The van der Waals surface area contributed by atoms with Crippen LogP contribution in [0.5, 0.6) is 0 Å². The molecule has 0 aliphatic rings. The van der Waals surface area contributed by atoms with Crippen molar-refractivity contribution in [1.29, 1.82) is 5.41 Å². The fraction of sp³-hybridized carbons (Fsp3) is 0. The molecular weight excluding hydrogens is 203 g/mol. The van der Waals surface area contributed by atoms with Crippen molar-refractivity contribution >= 4 is 33.4 Å². The maximum Gasteiger partial charge on any atom is 0.130 e. The van der Waals surface area contributed by atoms with Crippen molar-refractivity contribution in [2.75, 3.05) is 0 Å². The largest absolute Gasteiger partial charge is 0.383 e. The van der Waals surface area contributed by atoms with Crippen molar-refractivity contribution in [3.63, 3.8) is 0 Å². The van der Waals surface area contributed by atoms with E-state index in [1.807, 2.05) is 0 Å². The monoisotopic (exact) mass is 208 g/mol. The van der Waals surface area contributed by atoms with Gasteiger partial charge < -0.3 is 5.73 Å². The molecule has 0 fully saturated rings. The second-order valence-electron chi connectivity index (χ2n) is 1.35. The number of hydrogen-bond donors (Lipinski definition) is 2. The normalized spacial score (nSPS) is 11.1. The summed E-state index contributed by atoms with van der Waals surface area (Å²) in [4.78, 5) is 0. The summed E-state index contributed by atoms with van der Waals surface area (Å²) in [5, 5.41) is 7.20.